The van der Waals surface area contributed by atoms with Gasteiger partial charge in [-0.05, 0) is 145 Å². The third-order valence-corrected chi connectivity index (χ3v) is 16.3. The minimum Gasteiger partial charge on any atom is -0.309 e. The number of benzene rings is 8. The lowest BCUT2D eigenvalue weighted by Crippen LogP contribution is -2.14. The molecule has 0 saturated carbocycles. The van der Waals surface area contributed by atoms with E-state index in [4.69, 9.17) is 9.97 Å². The van der Waals surface area contributed by atoms with E-state index in [1.165, 1.54) is 88.1 Å². The summed E-state index contributed by atoms with van der Waals surface area (Å²) in [6.07, 6.45) is 0. The SMILES string of the molecule is CC(C)(C)c1ccc2c(c1)c1cc(C(C)(C)C)ccc1n2-c1cc(-c2nc(-c3ccccc3)cc(-c3ccc4c(c3)C(C)(C)c3ccccc3-4)n2)cc(-n2c3ccc(C(C)(C)C)cc3c3cc(C(C)(C)C)ccc32)c1. The van der Waals surface area contributed by atoms with Crippen LogP contribution in [-0.4, -0.2) is 19.1 Å². The van der Waals surface area contributed by atoms with E-state index in [1.54, 1.807) is 0 Å². The molecule has 1 aliphatic carbocycles. The van der Waals surface area contributed by atoms with Crippen LogP contribution in [0.3, 0.4) is 0 Å². The number of nitrogens with zero attached hydrogens (tertiary/aromatic N) is 4. The van der Waals surface area contributed by atoms with E-state index in [0.717, 1.165) is 39.5 Å². The van der Waals surface area contributed by atoms with E-state index in [-0.39, 0.29) is 27.1 Å². The Morgan fingerprint density at radius 2 is 0.733 bits per heavy atom. The minimum atomic E-state index is -0.156. The van der Waals surface area contributed by atoms with E-state index >= 15 is 0 Å². The average Bonchev–Trinajstić information content (AvgIpc) is 4.06. The van der Waals surface area contributed by atoms with Gasteiger partial charge in [-0.15, -0.1) is 0 Å². The van der Waals surface area contributed by atoms with Crippen molar-refractivity contribution in [1.29, 1.82) is 0 Å². The lowest BCUT2D eigenvalue weighted by molar-refractivity contribution is 0.590. The molecule has 0 saturated heterocycles. The Balaban J connectivity index is 1.17. The molecule has 0 radical (unpaired) electrons. The molecule has 8 aromatic carbocycles. The quantitative estimate of drug-likeness (QED) is 0.172. The molecule has 75 heavy (non-hydrogen) atoms. The predicted molar refractivity (Wildman–Crippen MR) is 319 cm³/mol. The fraction of sp³-hybridized carbons (Fsp3) is 0.268. The number of rotatable bonds is 5. The average molecular weight is 979 g/mol. The van der Waals surface area contributed by atoms with Gasteiger partial charge in [0.1, 0.15) is 0 Å². The maximum absolute atomic E-state index is 5.64. The second-order valence-electron chi connectivity index (χ2n) is 26.1. The van der Waals surface area contributed by atoms with Crippen LogP contribution in [-0.2, 0) is 27.1 Å². The molecule has 0 fully saturated rings. The van der Waals surface area contributed by atoms with Crippen LogP contribution in [0, 0.1) is 0 Å². The molecular weight excluding hydrogens is 909 g/mol. The molecule has 4 heteroatoms. The second-order valence-corrected chi connectivity index (χ2v) is 26.1. The highest BCUT2D eigenvalue weighted by Crippen LogP contribution is 2.50. The summed E-state index contributed by atoms with van der Waals surface area (Å²) in [5.74, 6) is 0.675. The number of hydrogen-bond donors (Lipinski definition) is 0. The van der Waals surface area contributed by atoms with Gasteiger partial charge in [-0.2, -0.15) is 0 Å². The Morgan fingerprint density at radius 1 is 0.333 bits per heavy atom. The smallest absolute Gasteiger partial charge is 0.160 e. The predicted octanol–water partition coefficient (Wildman–Crippen LogP) is 19.2. The van der Waals surface area contributed by atoms with Gasteiger partial charge in [-0.3, -0.25) is 0 Å². The highest BCUT2D eigenvalue weighted by molar-refractivity contribution is 6.11. The summed E-state index contributed by atoms with van der Waals surface area (Å²) < 4.78 is 4.98. The zero-order valence-electron chi connectivity index (χ0n) is 46.5. The van der Waals surface area contributed by atoms with Gasteiger partial charge < -0.3 is 9.13 Å². The number of fused-ring (bicyclic) bond motifs is 9. The van der Waals surface area contributed by atoms with Crippen LogP contribution in [0.4, 0.5) is 0 Å². The van der Waals surface area contributed by atoms with Gasteiger partial charge in [0.05, 0.1) is 33.5 Å². The van der Waals surface area contributed by atoms with Crippen molar-refractivity contribution in [3.63, 3.8) is 0 Å². The van der Waals surface area contributed by atoms with Crippen LogP contribution in [0.15, 0.2) is 170 Å². The Kier molecular flexibility index (Phi) is 10.8. The first-order chi connectivity index (χ1) is 35.4. The summed E-state index contributed by atoms with van der Waals surface area (Å²) in [6.45, 7) is 32.4. The molecule has 374 valence electrons. The van der Waals surface area contributed by atoms with E-state index in [2.05, 4.69) is 276 Å². The third kappa shape index (κ3) is 8.11. The monoisotopic (exact) mass is 979 g/mol. The summed E-state index contributed by atoms with van der Waals surface area (Å²) in [5.41, 5.74) is 21.9. The molecule has 3 aromatic heterocycles. The zero-order valence-corrected chi connectivity index (χ0v) is 46.5. The van der Waals surface area contributed by atoms with Crippen molar-refractivity contribution >= 4 is 43.6 Å². The fourth-order valence-corrected chi connectivity index (χ4v) is 11.8. The van der Waals surface area contributed by atoms with Crippen molar-refractivity contribution in [1.82, 2.24) is 19.1 Å². The standard InChI is InChI=1S/C71H70N4/c1-67(2,3)46-25-30-62-54(37-46)55-38-47(68(4,5)6)26-31-63(55)74(62)50-34-45(35-51(41-50)75-64-32-27-48(69(7,8)9)39-56(64)57-40-49(70(10,11)12)28-33-65(57)75)66-72-60(43-20-16-15-17-21-43)42-61(73-66)44-24-29-53-52-22-18-19-23-58(52)71(13,14)59(53)36-44/h15-42H,1-14H3. The number of aromatic nitrogens is 4. The maximum atomic E-state index is 5.64. The van der Waals surface area contributed by atoms with Crippen LogP contribution in [0.2, 0.25) is 0 Å². The lowest BCUT2D eigenvalue weighted by Gasteiger charge is -2.22. The van der Waals surface area contributed by atoms with Crippen LogP contribution in [0.25, 0.3) is 100 Å². The maximum Gasteiger partial charge on any atom is 0.160 e. The minimum absolute atomic E-state index is 0.0229. The Labute approximate surface area is 444 Å². The third-order valence-electron chi connectivity index (χ3n) is 16.3. The first-order valence-electron chi connectivity index (χ1n) is 27.0. The highest BCUT2D eigenvalue weighted by Gasteiger charge is 2.35. The van der Waals surface area contributed by atoms with Crippen molar-refractivity contribution in [2.75, 3.05) is 0 Å². The summed E-state index contributed by atoms with van der Waals surface area (Å²) in [5, 5.41) is 5.01. The van der Waals surface area contributed by atoms with Gasteiger partial charge >= 0.3 is 0 Å². The molecule has 4 nitrogen and oxygen atoms in total. The van der Waals surface area contributed by atoms with Gasteiger partial charge in [0.15, 0.2) is 5.82 Å². The summed E-state index contributed by atoms with van der Waals surface area (Å²) in [7, 11) is 0. The lowest BCUT2D eigenvalue weighted by atomic mass is 9.82. The number of hydrogen-bond acceptors (Lipinski definition) is 2. The fourth-order valence-electron chi connectivity index (χ4n) is 11.8. The first-order valence-corrected chi connectivity index (χ1v) is 27.0. The first kappa shape index (κ1) is 48.4. The molecule has 0 N–H and O–H groups in total. The molecule has 0 amide bonds. The van der Waals surface area contributed by atoms with Crippen molar-refractivity contribution in [3.05, 3.63) is 203 Å². The van der Waals surface area contributed by atoms with E-state index < -0.39 is 0 Å². The van der Waals surface area contributed by atoms with Crippen LogP contribution in [0.5, 0.6) is 0 Å². The molecule has 0 spiro atoms. The van der Waals surface area contributed by atoms with E-state index in [1.807, 2.05) is 0 Å². The molecule has 0 aliphatic heterocycles. The molecule has 12 rings (SSSR count). The van der Waals surface area contributed by atoms with Gasteiger partial charge in [-0.1, -0.05) is 188 Å². The largest absolute Gasteiger partial charge is 0.309 e. The topological polar surface area (TPSA) is 35.6 Å². The van der Waals surface area contributed by atoms with Gasteiger partial charge in [0.25, 0.3) is 0 Å². The van der Waals surface area contributed by atoms with Gasteiger partial charge in [-0.25, -0.2) is 9.97 Å². The Hall–Kier alpha value is -7.56. The molecule has 11 aromatic rings. The van der Waals surface area contributed by atoms with Crippen molar-refractivity contribution in [3.8, 4) is 56.4 Å². The Morgan fingerprint density at radius 3 is 1.17 bits per heavy atom. The van der Waals surface area contributed by atoms with Crippen molar-refractivity contribution < 1.29 is 0 Å². The van der Waals surface area contributed by atoms with Gasteiger partial charge in [0.2, 0.25) is 0 Å². The van der Waals surface area contributed by atoms with E-state index in [9.17, 15) is 0 Å². The molecule has 1 aliphatic rings. The summed E-state index contributed by atoms with van der Waals surface area (Å²) in [6, 6.07) is 64.1. The van der Waals surface area contributed by atoms with Gasteiger partial charge in [0, 0.05) is 55.0 Å². The van der Waals surface area contributed by atoms with Crippen LogP contribution in [0.1, 0.15) is 130 Å². The van der Waals surface area contributed by atoms with Crippen LogP contribution >= 0.6 is 0 Å². The highest BCUT2D eigenvalue weighted by atomic mass is 15.0. The van der Waals surface area contributed by atoms with Crippen molar-refractivity contribution in [2.24, 2.45) is 0 Å². The second kappa shape index (κ2) is 16.7. The summed E-state index contributed by atoms with van der Waals surface area (Å²) >= 11 is 0. The summed E-state index contributed by atoms with van der Waals surface area (Å²) in [4.78, 5) is 11.2. The molecular formula is C71H70N4. The van der Waals surface area contributed by atoms with Crippen molar-refractivity contribution in [2.45, 2.75) is 124 Å². The van der Waals surface area contributed by atoms with E-state index in [0.29, 0.717) is 5.82 Å². The molecule has 0 bridgehead atoms. The normalized spacial score (nSPS) is 13.8. The molecule has 0 atom stereocenters. The Bertz CT molecular complexity index is 3800. The molecule has 3 heterocycles. The molecule has 0 unspecified atom stereocenters. The zero-order chi connectivity index (χ0) is 52.7. The van der Waals surface area contributed by atoms with Crippen LogP contribution < -0.4 is 0 Å².